The monoisotopic (exact) mass is 303 g/mol. The van der Waals surface area contributed by atoms with Crippen LogP contribution in [0.3, 0.4) is 0 Å². The molecule has 0 aliphatic heterocycles. The zero-order valence-corrected chi connectivity index (χ0v) is 13.2. The van der Waals surface area contributed by atoms with E-state index in [9.17, 15) is 13.2 Å². The summed E-state index contributed by atoms with van der Waals surface area (Å²) in [5.74, 6) is 0. The average Bonchev–Trinajstić information content (AvgIpc) is 2.37. The van der Waals surface area contributed by atoms with Crippen molar-refractivity contribution in [1.82, 2.24) is 5.32 Å². The standard InChI is InChI=1S/C16H24F3NO/c1-6-21-14(15(2,3)4)13(20-5)11-8-7-9-12(10-11)16(17,18)19/h7-10,13-14,20H,6H2,1-5H3. The summed E-state index contributed by atoms with van der Waals surface area (Å²) in [5, 5.41) is 3.10. The second kappa shape index (κ2) is 6.79. The van der Waals surface area contributed by atoms with Crippen molar-refractivity contribution in [3.63, 3.8) is 0 Å². The summed E-state index contributed by atoms with van der Waals surface area (Å²) >= 11 is 0. The van der Waals surface area contributed by atoms with Crippen molar-refractivity contribution in [2.75, 3.05) is 13.7 Å². The Bertz CT molecular complexity index is 452. The molecule has 1 N–H and O–H groups in total. The fourth-order valence-corrected chi connectivity index (χ4v) is 2.43. The topological polar surface area (TPSA) is 21.3 Å². The van der Waals surface area contributed by atoms with Gasteiger partial charge in [0.05, 0.1) is 17.7 Å². The molecular weight excluding hydrogens is 279 g/mol. The molecule has 0 aliphatic carbocycles. The van der Waals surface area contributed by atoms with Crippen LogP contribution < -0.4 is 5.32 Å². The molecule has 0 aromatic heterocycles. The molecule has 120 valence electrons. The van der Waals surface area contributed by atoms with E-state index in [1.54, 1.807) is 13.1 Å². The number of hydrogen-bond donors (Lipinski definition) is 1. The number of hydrogen-bond acceptors (Lipinski definition) is 2. The van der Waals surface area contributed by atoms with E-state index >= 15 is 0 Å². The van der Waals surface area contributed by atoms with Gasteiger partial charge in [0.25, 0.3) is 0 Å². The summed E-state index contributed by atoms with van der Waals surface area (Å²) in [6.45, 7) is 8.46. The van der Waals surface area contributed by atoms with Crippen molar-refractivity contribution >= 4 is 0 Å². The molecular formula is C16H24F3NO. The minimum atomic E-state index is -4.34. The maximum atomic E-state index is 12.9. The van der Waals surface area contributed by atoms with Gasteiger partial charge in [-0.1, -0.05) is 32.9 Å². The minimum absolute atomic E-state index is 0.197. The molecule has 1 rings (SSSR count). The number of likely N-dealkylation sites (N-methyl/N-ethyl adjacent to an activating group) is 1. The highest BCUT2D eigenvalue weighted by Gasteiger charge is 2.35. The van der Waals surface area contributed by atoms with Crippen molar-refractivity contribution in [3.05, 3.63) is 35.4 Å². The largest absolute Gasteiger partial charge is 0.416 e. The summed E-state index contributed by atoms with van der Waals surface area (Å²) < 4.78 is 44.4. The van der Waals surface area contributed by atoms with Crippen LogP contribution in [0, 0.1) is 5.41 Å². The molecule has 0 spiro atoms. The molecule has 1 aromatic carbocycles. The Kier molecular flexibility index (Phi) is 5.82. The van der Waals surface area contributed by atoms with Gasteiger partial charge in [-0.25, -0.2) is 0 Å². The fourth-order valence-electron chi connectivity index (χ4n) is 2.43. The lowest BCUT2D eigenvalue weighted by molar-refractivity contribution is -0.137. The molecule has 1 aromatic rings. The number of rotatable bonds is 5. The van der Waals surface area contributed by atoms with Crippen LogP contribution in [0.4, 0.5) is 13.2 Å². The number of nitrogens with one attached hydrogen (secondary N) is 1. The van der Waals surface area contributed by atoms with E-state index in [1.807, 2.05) is 27.7 Å². The third kappa shape index (κ3) is 4.71. The van der Waals surface area contributed by atoms with E-state index in [4.69, 9.17) is 4.74 Å². The number of halogens is 3. The van der Waals surface area contributed by atoms with Gasteiger partial charge in [-0.15, -0.1) is 0 Å². The Morgan fingerprint density at radius 1 is 1.19 bits per heavy atom. The summed E-state index contributed by atoms with van der Waals surface area (Å²) in [4.78, 5) is 0. The zero-order chi connectivity index (χ0) is 16.3. The molecule has 0 aliphatic rings. The van der Waals surface area contributed by atoms with E-state index in [1.165, 1.54) is 12.1 Å². The van der Waals surface area contributed by atoms with Gasteiger partial charge < -0.3 is 10.1 Å². The number of benzene rings is 1. The lowest BCUT2D eigenvalue weighted by Crippen LogP contribution is -2.41. The molecule has 0 heterocycles. The lowest BCUT2D eigenvalue weighted by atomic mass is 9.81. The zero-order valence-electron chi connectivity index (χ0n) is 13.2. The second-order valence-corrected chi connectivity index (χ2v) is 6.13. The van der Waals surface area contributed by atoms with E-state index in [-0.39, 0.29) is 17.6 Å². The Labute approximate surface area is 124 Å². The maximum absolute atomic E-state index is 12.9. The van der Waals surface area contributed by atoms with Gasteiger partial charge in [-0.3, -0.25) is 0 Å². The van der Waals surface area contributed by atoms with Gasteiger partial charge in [0, 0.05) is 6.61 Å². The van der Waals surface area contributed by atoms with E-state index in [2.05, 4.69) is 5.32 Å². The first kappa shape index (κ1) is 18.0. The predicted molar refractivity (Wildman–Crippen MR) is 78.1 cm³/mol. The molecule has 2 nitrogen and oxygen atoms in total. The third-order valence-electron chi connectivity index (χ3n) is 3.39. The highest BCUT2D eigenvalue weighted by Crippen LogP contribution is 2.35. The van der Waals surface area contributed by atoms with Crippen molar-refractivity contribution in [2.24, 2.45) is 5.41 Å². The molecule has 0 bridgehead atoms. The summed E-state index contributed by atoms with van der Waals surface area (Å²) in [6.07, 6.45) is -4.56. The molecule has 0 saturated carbocycles. The van der Waals surface area contributed by atoms with Crippen LogP contribution in [0.25, 0.3) is 0 Å². The first-order valence-electron chi connectivity index (χ1n) is 7.07. The molecule has 0 fully saturated rings. The SMILES string of the molecule is CCOC(C(NC)c1cccc(C(F)(F)F)c1)C(C)(C)C. The van der Waals surface area contributed by atoms with Gasteiger partial charge in [-0.2, -0.15) is 13.2 Å². The van der Waals surface area contributed by atoms with Crippen LogP contribution in [-0.2, 0) is 10.9 Å². The molecule has 0 amide bonds. The normalized spacial score (nSPS) is 15.8. The van der Waals surface area contributed by atoms with Crippen molar-refractivity contribution in [3.8, 4) is 0 Å². The van der Waals surface area contributed by atoms with Gasteiger partial charge in [-0.05, 0) is 37.1 Å². The predicted octanol–water partition coefficient (Wildman–Crippen LogP) is 4.42. The first-order chi connectivity index (χ1) is 9.61. The van der Waals surface area contributed by atoms with Crippen molar-refractivity contribution in [2.45, 2.75) is 46.0 Å². The number of ether oxygens (including phenoxy) is 1. The van der Waals surface area contributed by atoms with Crippen LogP contribution in [0.2, 0.25) is 0 Å². The van der Waals surface area contributed by atoms with Crippen molar-refractivity contribution < 1.29 is 17.9 Å². The third-order valence-corrected chi connectivity index (χ3v) is 3.39. The van der Waals surface area contributed by atoms with Crippen LogP contribution >= 0.6 is 0 Å². The Hall–Kier alpha value is -1.07. The minimum Gasteiger partial charge on any atom is -0.376 e. The van der Waals surface area contributed by atoms with Crippen LogP contribution in [-0.4, -0.2) is 19.8 Å². The molecule has 0 radical (unpaired) electrons. The van der Waals surface area contributed by atoms with E-state index < -0.39 is 11.7 Å². The van der Waals surface area contributed by atoms with Crippen LogP contribution in [0.15, 0.2) is 24.3 Å². The van der Waals surface area contributed by atoms with E-state index in [0.29, 0.717) is 12.2 Å². The van der Waals surface area contributed by atoms with Crippen LogP contribution in [0.5, 0.6) is 0 Å². The molecule has 2 unspecified atom stereocenters. The quantitative estimate of drug-likeness (QED) is 0.869. The fraction of sp³-hybridized carbons (Fsp3) is 0.625. The molecule has 0 saturated heterocycles. The Morgan fingerprint density at radius 2 is 1.81 bits per heavy atom. The Morgan fingerprint density at radius 3 is 2.24 bits per heavy atom. The number of alkyl halides is 3. The second-order valence-electron chi connectivity index (χ2n) is 6.13. The highest BCUT2D eigenvalue weighted by molar-refractivity contribution is 5.29. The molecule has 5 heteroatoms. The summed E-state index contributed by atoms with van der Waals surface area (Å²) in [6, 6.07) is 5.12. The summed E-state index contributed by atoms with van der Waals surface area (Å²) in [5.41, 5.74) is -0.247. The summed E-state index contributed by atoms with van der Waals surface area (Å²) in [7, 11) is 1.74. The average molecular weight is 303 g/mol. The molecule has 2 atom stereocenters. The molecule has 21 heavy (non-hydrogen) atoms. The smallest absolute Gasteiger partial charge is 0.376 e. The highest BCUT2D eigenvalue weighted by atomic mass is 19.4. The van der Waals surface area contributed by atoms with Crippen molar-refractivity contribution in [1.29, 1.82) is 0 Å². The van der Waals surface area contributed by atoms with Crippen LogP contribution in [0.1, 0.15) is 44.9 Å². The van der Waals surface area contributed by atoms with Gasteiger partial charge in [0.2, 0.25) is 0 Å². The van der Waals surface area contributed by atoms with E-state index in [0.717, 1.165) is 6.07 Å². The maximum Gasteiger partial charge on any atom is 0.416 e. The van der Waals surface area contributed by atoms with Gasteiger partial charge >= 0.3 is 6.18 Å². The lowest BCUT2D eigenvalue weighted by Gasteiger charge is -2.37. The first-order valence-corrected chi connectivity index (χ1v) is 7.07. The van der Waals surface area contributed by atoms with Gasteiger partial charge in [0.15, 0.2) is 0 Å². The Balaban J connectivity index is 3.20. The van der Waals surface area contributed by atoms with Gasteiger partial charge in [0.1, 0.15) is 0 Å².